The molecule has 0 saturated heterocycles. The lowest BCUT2D eigenvalue weighted by Gasteiger charge is -2.41. The number of unbranched alkanes of at least 4 members (excludes halogenated alkanes) is 21. The molecule has 308 valence electrons. The zero-order valence-electron chi connectivity index (χ0n) is 32.1. The molecule has 1 saturated carbocycles. The summed E-state index contributed by atoms with van der Waals surface area (Å²) in [4.78, 5) is 35.3. The fourth-order valence-electron chi connectivity index (χ4n) is 6.35. The number of phosphoric acid groups is 1. The summed E-state index contributed by atoms with van der Waals surface area (Å²) in [6.45, 7) is 3.23. The topological polar surface area (TPSA) is 210 Å². The quantitative estimate of drug-likeness (QED) is 0.0238. The van der Waals surface area contributed by atoms with E-state index in [1.807, 2.05) is 0 Å². The molecule has 0 radical (unpaired) electrons. The average Bonchev–Trinajstić information content (AvgIpc) is 3.12. The Bertz CT molecular complexity index is 938. The number of esters is 2. The summed E-state index contributed by atoms with van der Waals surface area (Å²) in [6.07, 6.45) is 13.5. The summed E-state index contributed by atoms with van der Waals surface area (Å²) in [6, 6.07) is 0. The van der Waals surface area contributed by atoms with Gasteiger partial charge in [-0.1, -0.05) is 149 Å². The number of rotatable bonds is 33. The highest BCUT2D eigenvalue weighted by Gasteiger charge is 2.51. The number of hydrogen-bond donors (Lipinski definition) is 6. The lowest BCUT2D eigenvalue weighted by molar-refractivity contribution is -0.220. The van der Waals surface area contributed by atoms with Crippen LogP contribution in [0.4, 0.5) is 0 Å². The van der Waals surface area contributed by atoms with Gasteiger partial charge in [-0.05, 0) is 12.8 Å². The molecule has 0 aromatic rings. The normalized spacial score (nSPS) is 23.6. The van der Waals surface area contributed by atoms with Gasteiger partial charge in [-0.2, -0.15) is 0 Å². The van der Waals surface area contributed by atoms with Crippen molar-refractivity contribution in [3.8, 4) is 0 Å². The molecule has 0 aromatic heterocycles. The lowest BCUT2D eigenvalue weighted by Crippen LogP contribution is -2.64. The number of carbonyl (C=O) groups is 2. The molecule has 14 heteroatoms. The van der Waals surface area contributed by atoms with Crippen LogP contribution in [0.25, 0.3) is 0 Å². The van der Waals surface area contributed by atoms with Crippen molar-refractivity contribution in [2.45, 2.75) is 217 Å². The Hall–Kier alpha value is -1.15. The Labute approximate surface area is 312 Å². The van der Waals surface area contributed by atoms with Crippen LogP contribution in [0.15, 0.2) is 0 Å². The summed E-state index contributed by atoms with van der Waals surface area (Å²) < 4.78 is 33.3. The van der Waals surface area contributed by atoms with Gasteiger partial charge in [0.15, 0.2) is 6.10 Å². The van der Waals surface area contributed by atoms with Crippen molar-refractivity contribution in [3.05, 3.63) is 0 Å². The second kappa shape index (κ2) is 30.1. The van der Waals surface area contributed by atoms with Gasteiger partial charge in [0.1, 0.15) is 43.2 Å². The van der Waals surface area contributed by atoms with Crippen LogP contribution in [-0.4, -0.2) is 98.3 Å². The highest BCUT2D eigenvalue weighted by Crippen LogP contribution is 2.47. The molecule has 8 atom stereocenters. The van der Waals surface area contributed by atoms with Crippen molar-refractivity contribution in [1.29, 1.82) is 0 Å². The molecule has 0 spiro atoms. The molecule has 0 aliphatic heterocycles. The first-order valence-corrected chi connectivity index (χ1v) is 21.8. The van der Waals surface area contributed by atoms with Gasteiger partial charge < -0.3 is 39.9 Å². The van der Waals surface area contributed by atoms with Crippen LogP contribution in [0.1, 0.15) is 174 Å². The fourth-order valence-corrected chi connectivity index (χ4v) is 7.32. The molecule has 6 N–H and O–H groups in total. The molecule has 0 aromatic carbocycles. The van der Waals surface area contributed by atoms with Crippen LogP contribution >= 0.6 is 7.82 Å². The average molecular weight is 769 g/mol. The molecule has 1 aliphatic rings. The third kappa shape index (κ3) is 22.9. The second-order valence-corrected chi connectivity index (χ2v) is 15.9. The van der Waals surface area contributed by atoms with Gasteiger partial charge in [0, 0.05) is 12.8 Å². The van der Waals surface area contributed by atoms with Crippen molar-refractivity contribution in [1.82, 2.24) is 0 Å². The van der Waals surface area contributed by atoms with E-state index in [1.54, 1.807) is 0 Å². The van der Waals surface area contributed by atoms with E-state index < -0.39 is 75.7 Å². The number of aliphatic hydroxyl groups excluding tert-OH is 5. The molecule has 1 aliphatic carbocycles. The number of phosphoric ester groups is 1. The molecule has 0 bridgehead atoms. The van der Waals surface area contributed by atoms with Crippen molar-refractivity contribution < 1.29 is 63.1 Å². The SMILES string of the molecule is CCCCCCCCCCCCCCCCCCC(=O)O[C@H](COC(=O)CCCCCCCCC)COP(=O)(O)OC1C(O)C(O)C(O)[C@@H](O)C1O. The number of carbonyl (C=O) groups excluding carboxylic acids is 2. The van der Waals surface area contributed by atoms with Crippen LogP contribution < -0.4 is 0 Å². The largest absolute Gasteiger partial charge is 0.472 e. The predicted octanol–water partition coefficient (Wildman–Crippen LogP) is 6.55. The molecule has 13 nitrogen and oxygen atoms in total. The van der Waals surface area contributed by atoms with Crippen molar-refractivity contribution in [2.24, 2.45) is 0 Å². The third-order valence-corrected chi connectivity index (χ3v) is 10.7. The summed E-state index contributed by atoms with van der Waals surface area (Å²) in [5.41, 5.74) is 0. The molecule has 0 heterocycles. The molecule has 0 amide bonds. The van der Waals surface area contributed by atoms with Gasteiger partial charge in [-0.25, -0.2) is 4.57 Å². The van der Waals surface area contributed by atoms with Gasteiger partial charge >= 0.3 is 19.8 Å². The third-order valence-electron chi connectivity index (χ3n) is 9.70. The van der Waals surface area contributed by atoms with E-state index in [-0.39, 0.29) is 12.8 Å². The Morgan fingerprint density at radius 1 is 0.519 bits per heavy atom. The first-order chi connectivity index (χ1) is 24.9. The van der Waals surface area contributed by atoms with Crippen LogP contribution in [-0.2, 0) is 32.7 Å². The summed E-state index contributed by atoms with van der Waals surface area (Å²) in [7, 11) is -5.10. The van der Waals surface area contributed by atoms with Gasteiger partial charge in [0.25, 0.3) is 0 Å². The standard InChI is InChI=1S/C38H73O13P/c1-3-5-7-9-11-12-13-14-15-16-17-18-19-21-23-25-27-32(40)50-30(28-48-31(39)26-24-22-20-10-8-6-4-2)29-49-52(46,47)51-38-36(44)34(42)33(41)35(43)37(38)45/h30,33-38,41-45H,3-29H2,1-2H3,(H,46,47)/t30-,33?,34-,35?,36?,37?,38?/m1/s1. The summed E-state index contributed by atoms with van der Waals surface area (Å²) in [5.74, 6) is -1.10. The lowest BCUT2D eigenvalue weighted by atomic mass is 9.85. The molecule has 1 fully saturated rings. The number of aliphatic hydroxyl groups is 5. The Balaban J connectivity index is 2.46. The Morgan fingerprint density at radius 2 is 0.865 bits per heavy atom. The van der Waals surface area contributed by atoms with Crippen molar-refractivity contribution in [3.63, 3.8) is 0 Å². The smallest absolute Gasteiger partial charge is 0.462 e. The number of ether oxygens (including phenoxy) is 2. The van der Waals surface area contributed by atoms with E-state index in [1.165, 1.54) is 83.5 Å². The van der Waals surface area contributed by atoms with Gasteiger partial charge in [0.2, 0.25) is 0 Å². The van der Waals surface area contributed by atoms with Crippen LogP contribution in [0.3, 0.4) is 0 Å². The maximum Gasteiger partial charge on any atom is 0.472 e. The first kappa shape index (κ1) is 48.9. The maximum atomic E-state index is 12.7. The number of hydrogen-bond acceptors (Lipinski definition) is 12. The summed E-state index contributed by atoms with van der Waals surface area (Å²) in [5, 5.41) is 49.9. The van der Waals surface area contributed by atoms with E-state index >= 15 is 0 Å². The highest BCUT2D eigenvalue weighted by molar-refractivity contribution is 7.47. The van der Waals surface area contributed by atoms with Gasteiger partial charge in [0.05, 0.1) is 6.61 Å². The second-order valence-electron chi connectivity index (χ2n) is 14.5. The molecule has 1 rings (SSSR count). The molecule has 6 unspecified atom stereocenters. The fraction of sp³-hybridized carbons (Fsp3) is 0.947. The minimum Gasteiger partial charge on any atom is -0.462 e. The molecule has 52 heavy (non-hydrogen) atoms. The van der Waals surface area contributed by atoms with E-state index in [2.05, 4.69) is 13.8 Å². The van der Waals surface area contributed by atoms with E-state index in [0.29, 0.717) is 12.8 Å². The van der Waals surface area contributed by atoms with Crippen LogP contribution in [0, 0.1) is 0 Å². The van der Waals surface area contributed by atoms with Crippen molar-refractivity contribution >= 4 is 19.8 Å². The zero-order valence-corrected chi connectivity index (χ0v) is 33.0. The minimum atomic E-state index is -5.10. The summed E-state index contributed by atoms with van der Waals surface area (Å²) >= 11 is 0. The predicted molar refractivity (Wildman–Crippen MR) is 198 cm³/mol. The highest BCUT2D eigenvalue weighted by atomic mass is 31.2. The van der Waals surface area contributed by atoms with Gasteiger partial charge in [-0.3, -0.25) is 18.6 Å². The van der Waals surface area contributed by atoms with E-state index in [4.69, 9.17) is 18.5 Å². The minimum absolute atomic E-state index is 0.104. The van der Waals surface area contributed by atoms with Crippen LogP contribution in [0.5, 0.6) is 0 Å². The van der Waals surface area contributed by atoms with Crippen LogP contribution in [0.2, 0.25) is 0 Å². The van der Waals surface area contributed by atoms with E-state index in [9.17, 15) is 44.6 Å². The van der Waals surface area contributed by atoms with Crippen molar-refractivity contribution in [2.75, 3.05) is 13.2 Å². The molecular weight excluding hydrogens is 695 g/mol. The monoisotopic (exact) mass is 768 g/mol. The molecular formula is C38H73O13P. The Kier molecular flexibility index (Phi) is 28.3. The first-order valence-electron chi connectivity index (χ1n) is 20.3. The van der Waals surface area contributed by atoms with Gasteiger partial charge in [-0.15, -0.1) is 0 Å². The maximum absolute atomic E-state index is 12.7. The van der Waals surface area contributed by atoms with E-state index in [0.717, 1.165) is 51.4 Å². The Morgan fingerprint density at radius 3 is 1.27 bits per heavy atom. The zero-order chi connectivity index (χ0) is 38.6.